The molecule has 0 saturated carbocycles. The molecule has 1 rings (SSSR count). The molecule has 0 aliphatic carbocycles. The van der Waals surface area contributed by atoms with Crippen LogP contribution in [0.4, 0.5) is 0 Å². The number of carboxylic acid groups (broad SMARTS) is 1. The van der Waals surface area contributed by atoms with Crippen LogP contribution in [0.3, 0.4) is 0 Å². The summed E-state index contributed by atoms with van der Waals surface area (Å²) in [7, 11) is 0. The van der Waals surface area contributed by atoms with Crippen molar-refractivity contribution in [2.75, 3.05) is 0 Å². The molecule has 0 bridgehead atoms. The Labute approximate surface area is 57.3 Å². The van der Waals surface area contributed by atoms with Gasteiger partial charge in [0.05, 0.1) is 0 Å². The molecule has 1 aliphatic rings. The lowest BCUT2D eigenvalue weighted by atomic mass is 10.2. The first-order valence-electron chi connectivity index (χ1n) is 2.52. The van der Waals surface area contributed by atoms with E-state index in [4.69, 9.17) is 5.11 Å². The lowest BCUT2D eigenvalue weighted by Gasteiger charge is -2.00. The van der Waals surface area contributed by atoms with E-state index in [9.17, 15) is 4.79 Å². The zero-order valence-corrected chi connectivity index (χ0v) is 5.73. The average molecular weight is 145 g/mol. The van der Waals surface area contributed by atoms with E-state index in [0.717, 1.165) is 5.57 Å². The van der Waals surface area contributed by atoms with Gasteiger partial charge in [-0.3, -0.25) is 4.79 Å². The average Bonchev–Trinajstić information content (AvgIpc) is 2.13. The smallest absolute Gasteiger partial charge is 0.322 e. The van der Waals surface area contributed by atoms with E-state index in [1.165, 1.54) is 11.9 Å². The number of hydrogen-bond acceptors (Lipinski definition) is 3. The second-order valence-electron chi connectivity index (χ2n) is 1.84. The molecule has 0 spiro atoms. The number of carboxylic acids is 1. The van der Waals surface area contributed by atoms with Crippen LogP contribution in [0.25, 0.3) is 0 Å². The van der Waals surface area contributed by atoms with E-state index >= 15 is 0 Å². The van der Waals surface area contributed by atoms with Crippen molar-refractivity contribution >= 4 is 17.9 Å². The van der Waals surface area contributed by atoms with Crippen LogP contribution in [0.5, 0.6) is 0 Å². The molecule has 9 heavy (non-hydrogen) atoms. The molecule has 1 aliphatic heterocycles. The summed E-state index contributed by atoms with van der Waals surface area (Å²) in [5, 5.41) is 8.10. The maximum Gasteiger partial charge on any atom is 0.322 e. The fourth-order valence-electron chi connectivity index (χ4n) is 0.609. The molecular formula is C5H7NO2S. The Kier molecular flexibility index (Phi) is 1.66. The van der Waals surface area contributed by atoms with Crippen LogP contribution >= 0.6 is 11.9 Å². The van der Waals surface area contributed by atoms with Gasteiger partial charge >= 0.3 is 5.97 Å². The molecule has 0 saturated heterocycles. The third kappa shape index (κ3) is 1.18. The number of rotatable bonds is 1. The van der Waals surface area contributed by atoms with Crippen molar-refractivity contribution in [3.63, 3.8) is 0 Å². The van der Waals surface area contributed by atoms with Gasteiger partial charge in [0.1, 0.15) is 5.25 Å². The molecule has 0 aromatic rings. The van der Waals surface area contributed by atoms with Crippen molar-refractivity contribution in [1.82, 2.24) is 4.72 Å². The fraction of sp³-hybridized carbons (Fsp3) is 0.400. The normalized spacial score (nSPS) is 25.0. The molecule has 3 nitrogen and oxygen atoms in total. The largest absolute Gasteiger partial charge is 0.480 e. The summed E-state index contributed by atoms with van der Waals surface area (Å²) in [4.78, 5) is 10.3. The van der Waals surface area contributed by atoms with Crippen LogP contribution in [-0.4, -0.2) is 16.3 Å². The van der Waals surface area contributed by atoms with Gasteiger partial charge in [-0.1, -0.05) is 0 Å². The highest BCUT2D eigenvalue weighted by Crippen LogP contribution is 2.21. The first-order chi connectivity index (χ1) is 4.22. The minimum absolute atomic E-state index is 0.384. The number of aliphatic carboxylic acids is 1. The summed E-state index contributed by atoms with van der Waals surface area (Å²) in [6.07, 6.45) is 1.71. The van der Waals surface area contributed by atoms with Gasteiger partial charge in [-0.25, -0.2) is 0 Å². The molecule has 1 heterocycles. The Hall–Kier alpha value is -0.640. The molecule has 0 fully saturated rings. The van der Waals surface area contributed by atoms with Crippen LogP contribution in [0.1, 0.15) is 6.92 Å². The third-order valence-electron chi connectivity index (χ3n) is 1.11. The third-order valence-corrected chi connectivity index (χ3v) is 2.17. The van der Waals surface area contributed by atoms with E-state index in [1.807, 2.05) is 0 Å². The van der Waals surface area contributed by atoms with Crippen LogP contribution in [0.2, 0.25) is 0 Å². The maximum absolute atomic E-state index is 10.3. The Bertz CT molecular complexity index is 166. The Balaban J connectivity index is 2.63. The predicted molar refractivity (Wildman–Crippen MR) is 35.9 cm³/mol. The lowest BCUT2D eigenvalue weighted by molar-refractivity contribution is -0.135. The minimum Gasteiger partial charge on any atom is -0.480 e. The van der Waals surface area contributed by atoms with Crippen molar-refractivity contribution in [1.29, 1.82) is 0 Å². The molecule has 1 unspecified atom stereocenters. The first-order valence-corrected chi connectivity index (χ1v) is 3.40. The molecular weight excluding hydrogens is 138 g/mol. The van der Waals surface area contributed by atoms with Gasteiger partial charge in [-0.15, -0.1) is 0 Å². The molecule has 0 radical (unpaired) electrons. The van der Waals surface area contributed by atoms with Crippen molar-refractivity contribution in [2.24, 2.45) is 0 Å². The highest BCUT2D eigenvalue weighted by Gasteiger charge is 2.23. The number of nitrogens with one attached hydrogen (secondary N) is 1. The van der Waals surface area contributed by atoms with Crippen LogP contribution in [0.15, 0.2) is 11.8 Å². The molecule has 2 N–H and O–H groups in total. The Morgan fingerprint density at radius 1 is 2.00 bits per heavy atom. The highest BCUT2D eigenvalue weighted by atomic mass is 32.2. The van der Waals surface area contributed by atoms with Gasteiger partial charge in [0.15, 0.2) is 0 Å². The Morgan fingerprint density at radius 2 is 2.67 bits per heavy atom. The van der Waals surface area contributed by atoms with Gasteiger partial charge < -0.3 is 9.83 Å². The second-order valence-corrected chi connectivity index (χ2v) is 2.79. The van der Waals surface area contributed by atoms with Gasteiger partial charge in [-0.05, 0) is 24.4 Å². The quantitative estimate of drug-likeness (QED) is 0.530. The lowest BCUT2D eigenvalue weighted by Crippen LogP contribution is -2.15. The molecule has 50 valence electrons. The van der Waals surface area contributed by atoms with Crippen molar-refractivity contribution in [2.45, 2.75) is 12.2 Å². The molecule has 1 atom stereocenters. The molecule has 4 heteroatoms. The molecule has 0 amide bonds. The highest BCUT2D eigenvalue weighted by molar-refractivity contribution is 7.99. The van der Waals surface area contributed by atoms with E-state index in [2.05, 4.69) is 4.72 Å². The monoisotopic (exact) mass is 145 g/mol. The topological polar surface area (TPSA) is 49.3 Å². The van der Waals surface area contributed by atoms with Gasteiger partial charge in [0.2, 0.25) is 0 Å². The van der Waals surface area contributed by atoms with Crippen LogP contribution in [0, 0.1) is 0 Å². The minimum atomic E-state index is -0.779. The van der Waals surface area contributed by atoms with Gasteiger partial charge in [0, 0.05) is 6.20 Å². The first kappa shape index (κ1) is 6.48. The molecule has 0 aromatic heterocycles. The van der Waals surface area contributed by atoms with E-state index < -0.39 is 5.97 Å². The predicted octanol–water partition coefficient (Wildman–Crippen LogP) is 0.595. The van der Waals surface area contributed by atoms with Crippen molar-refractivity contribution in [3.05, 3.63) is 11.8 Å². The number of carbonyl (C=O) groups is 1. The van der Waals surface area contributed by atoms with Crippen LogP contribution in [-0.2, 0) is 4.79 Å². The summed E-state index contributed by atoms with van der Waals surface area (Å²) >= 11 is 1.22. The summed E-state index contributed by atoms with van der Waals surface area (Å²) in [6, 6.07) is 0. The van der Waals surface area contributed by atoms with Crippen molar-refractivity contribution < 1.29 is 9.90 Å². The molecule has 0 aromatic carbocycles. The van der Waals surface area contributed by atoms with Gasteiger partial charge in [-0.2, -0.15) is 0 Å². The maximum atomic E-state index is 10.3. The zero-order chi connectivity index (χ0) is 6.85. The summed E-state index contributed by atoms with van der Waals surface area (Å²) in [5.74, 6) is -0.779. The van der Waals surface area contributed by atoms with Gasteiger partial charge in [0.25, 0.3) is 0 Å². The number of hydrogen-bond donors (Lipinski definition) is 2. The summed E-state index contributed by atoms with van der Waals surface area (Å²) < 4.78 is 2.78. The second kappa shape index (κ2) is 2.31. The van der Waals surface area contributed by atoms with E-state index in [1.54, 1.807) is 13.1 Å². The standard InChI is InChI=1S/C5H7NO2S/c1-3-2-6-9-4(3)5(7)8/h2,4,6H,1H3,(H,7,8). The summed E-state index contributed by atoms with van der Waals surface area (Å²) in [6.45, 7) is 1.80. The zero-order valence-electron chi connectivity index (χ0n) is 4.92. The SMILES string of the molecule is CC1=CNSC1C(=O)O. The summed E-state index contributed by atoms with van der Waals surface area (Å²) in [5.41, 5.74) is 0.868. The van der Waals surface area contributed by atoms with Crippen LogP contribution < -0.4 is 4.72 Å². The van der Waals surface area contributed by atoms with E-state index in [0.29, 0.717) is 0 Å². The van der Waals surface area contributed by atoms with Crippen molar-refractivity contribution in [3.8, 4) is 0 Å². The fourth-order valence-corrected chi connectivity index (χ4v) is 1.35. The van der Waals surface area contributed by atoms with E-state index in [-0.39, 0.29) is 5.25 Å². The Morgan fingerprint density at radius 3 is 2.89 bits per heavy atom.